The molecule has 30 nitrogen and oxygen atoms in total. The lowest BCUT2D eigenvalue weighted by Gasteiger charge is -2.40. The Morgan fingerprint density at radius 3 is 1.15 bits per heavy atom. The number of pyridine rings is 9. The predicted octanol–water partition coefficient (Wildman–Crippen LogP) is 16.6. The van der Waals surface area contributed by atoms with Gasteiger partial charge in [-0.1, -0.05) is 31.2 Å². The average Bonchev–Trinajstić information content (AvgIpc) is 0.840. The second-order valence-electron chi connectivity index (χ2n) is 38.2. The molecule has 0 unspecified atom stereocenters. The van der Waals surface area contributed by atoms with Gasteiger partial charge in [-0.05, 0) is 257 Å². The molecular formula is C112H117FN20O10. The lowest BCUT2D eigenvalue weighted by Crippen LogP contribution is -2.51. The molecule has 732 valence electrons. The lowest BCUT2D eigenvalue weighted by atomic mass is 10.0. The fourth-order valence-electron chi connectivity index (χ4n) is 20.0. The van der Waals surface area contributed by atoms with Crippen molar-refractivity contribution in [2.75, 3.05) is 150 Å². The van der Waals surface area contributed by atoms with Crippen LogP contribution in [0.1, 0.15) is 69.7 Å². The molecule has 5 aliphatic rings. The molecule has 24 rings (SSSR count). The summed E-state index contributed by atoms with van der Waals surface area (Å²) >= 11 is 0. The normalized spacial score (nSPS) is 16.9. The molecule has 19 heterocycles. The van der Waals surface area contributed by atoms with Crippen LogP contribution in [0.2, 0.25) is 0 Å². The highest BCUT2D eigenvalue weighted by Crippen LogP contribution is 2.35. The van der Waals surface area contributed by atoms with Gasteiger partial charge in [0.1, 0.15) is 27.7 Å². The van der Waals surface area contributed by atoms with Gasteiger partial charge in [-0.25, -0.2) is 29.3 Å². The third-order valence-corrected chi connectivity index (χ3v) is 28.2. The molecular weight excluding hydrogens is 1800 g/mol. The molecule has 143 heavy (non-hydrogen) atoms. The average molecular weight is 1920 g/mol. The smallest absolute Gasteiger partial charge is 0.258 e. The number of ether oxygens (including phenoxy) is 1. The van der Waals surface area contributed by atoms with Gasteiger partial charge < -0.3 is 67.8 Å². The van der Waals surface area contributed by atoms with Crippen molar-refractivity contribution in [3.05, 3.63) is 318 Å². The van der Waals surface area contributed by atoms with Gasteiger partial charge >= 0.3 is 0 Å². The van der Waals surface area contributed by atoms with E-state index in [2.05, 4.69) is 142 Å². The summed E-state index contributed by atoms with van der Waals surface area (Å²) in [6.07, 6.45) is 11.6. The van der Waals surface area contributed by atoms with Crippen LogP contribution < -0.4 is 68.1 Å². The number of benzene rings is 5. The van der Waals surface area contributed by atoms with Crippen LogP contribution in [0.5, 0.6) is 5.75 Å². The Balaban J connectivity index is 0.000000109. The number of halogens is 1. The number of piperidine rings is 1. The first-order valence-electron chi connectivity index (χ1n) is 49.0. The summed E-state index contributed by atoms with van der Waals surface area (Å²) in [4.78, 5) is 105. The SMILES string of the molecule is CCN1CCN(c2ccc3cc(-c4ccc5nc(C)oc5c4)cc(=O)n3c2)C[C@@H]1C.COc1ccc(-c2cc(=O)n3cc(N4CCN[C@@H](C)C4)cc(C)c3n2)cc1F.Cc1nc2ccc(-c3cc(=O)n4cc(N5CCC(N)CC5)ccc4c3)cc2o1.Cc1nc2ccc(-c3cc(=O)n4cc(N5CCN(C)CC5)ccc4c3)cc2o1.Cc1nc2ccc(-c3cc(=O)n4cc(N5CCN(C)[C@@H](C)C5)ccc4c3)cc2o1. The molecule has 0 saturated carbocycles. The third-order valence-electron chi connectivity index (χ3n) is 28.2. The largest absolute Gasteiger partial charge is 0.494 e. The van der Waals surface area contributed by atoms with Crippen LogP contribution in [0, 0.1) is 40.4 Å². The summed E-state index contributed by atoms with van der Waals surface area (Å²) in [6, 6.07) is 64.6. The van der Waals surface area contributed by atoms with Crippen molar-refractivity contribution >= 4 is 101 Å². The minimum atomic E-state index is -0.484. The Morgan fingerprint density at radius 1 is 0.378 bits per heavy atom. The van der Waals surface area contributed by atoms with E-state index in [-0.39, 0.29) is 39.6 Å². The number of oxazole rings is 4. The predicted molar refractivity (Wildman–Crippen MR) is 566 cm³/mol. The zero-order valence-corrected chi connectivity index (χ0v) is 82.6. The maximum Gasteiger partial charge on any atom is 0.258 e. The Labute approximate surface area is 824 Å². The third kappa shape index (κ3) is 20.5. The van der Waals surface area contributed by atoms with Gasteiger partial charge in [0.25, 0.3) is 27.8 Å². The number of piperazine rings is 4. The van der Waals surface area contributed by atoms with Crippen molar-refractivity contribution in [2.24, 2.45) is 5.73 Å². The van der Waals surface area contributed by atoms with Crippen molar-refractivity contribution in [1.82, 2.24) is 66.9 Å². The number of aryl methyl sites for hydroxylation is 5. The van der Waals surface area contributed by atoms with Gasteiger partial charge in [0.15, 0.2) is 57.5 Å². The Kier molecular flexibility index (Phi) is 26.8. The monoisotopic (exact) mass is 1920 g/mol. The summed E-state index contributed by atoms with van der Waals surface area (Å²) in [7, 11) is 5.71. The zero-order chi connectivity index (χ0) is 99.3. The first-order chi connectivity index (χ1) is 69.1. The molecule has 5 fully saturated rings. The van der Waals surface area contributed by atoms with Crippen molar-refractivity contribution in [3.8, 4) is 61.5 Å². The minimum absolute atomic E-state index is 0.0292. The number of likely N-dealkylation sites (N-methyl/N-ethyl adjacent to an activating group) is 3. The lowest BCUT2D eigenvalue weighted by molar-refractivity contribution is 0.199. The number of anilines is 5. The summed E-state index contributed by atoms with van der Waals surface area (Å²) in [5, 5.41) is 3.42. The number of rotatable bonds is 12. The molecule has 5 saturated heterocycles. The van der Waals surface area contributed by atoms with Crippen LogP contribution in [-0.4, -0.2) is 212 Å². The highest BCUT2D eigenvalue weighted by Gasteiger charge is 2.28. The Morgan fingerprint density at radius 2 is 0.755 bits per heavy atom. The quantitative estimate of drug-likeness (QED) is 0.115. The van der Waals surface area contributed by atoms with Crippen LogP contribution in [0.3, 0.4) is 0 Å². The molecule has 3 N–H and O–H groups in total. The van der Waals surface area contributed by atoms with E-state index in [1.54, 1.807) is 52.3 Å². The van der Waals surface area contributed by atoms with Gasteiger partial charge in [0.05, 0.1) is 41.2 Å². The number of methoxy groups -OCH3 is 1. The van der Waals surface area contributed by atoms with Crippen molar-refractivity contribution in [3.63, 3.8) is 0 Å². The van der Waals surface area contributed by atoms with E-state index in [0.717, 1.165) is 263 Å². The van der Waals surface area contributed by atoms with Crippen molar-refractivity contribution in [1.29, 1.82) is 0 Å². The van der Waals surface area contributed by atoms with Crippen LogP contribution >= 0.6 is 0 Å². The maximum atomic E-state index is 14.1. The number of hydrogen-bond acceptors (Lipinski definition) is 25. The van der Waals surface area contributed by atoms with Gasteiger partial charge in [0, 0.05) is 239 Å². The maximum absolute atomic E-state index is 14.1. The molecule has 3 atom stereocenters. The fraction of sp³-hybridized carbons (Fsp3) is 0.304. The van der Waals surface area contributed by atoms with Crippen LogP contribution in [0.15, 0.2) is 273 Å². The highest BCUT2D eigenvalue weighted by molar-refractivity contribution is 5.86. The van der Waals surface area contributed by atoms with E-state index >= 15 is 0 Å². The van der Waals surface area contributed by atoms with E-state index in [1.165, 1.54) is 25.3 Å². The molecule has 19 aromatic rings. The van der Waals surface area contributed by atoms with Crippen molar-refractivity contribution in [2.45, 2.75) is 99.3 Å². The molecule has 31 heteroatoms. The van der Waals surface area contributed by atoms with E-state index in [4.69, 9.17) is 28.1 Å². The summed E-state index contributed by atoms with van der Waals surface area (Å²) in [5.74, 6) is 2.23. The molecule has 0 spiro atoms. The van der Waals surface area contributed by atoms with E-state index < -0.39 is 5.82 Å². The summed E-state index contributed by atoms with van der Waals surface area (Å²) in [6.45, 7) is 33.7. The Hall–Kier alpha value is -15.4. The first-order valence-corrected chi connectivity index (χ1v) is 49.0. The van der Waals surface area contributed by atoms with Crippen LogP contribution in [-0.2, 0) is 0 Å². The van der Waals surface area contributed by atoms with E-state index in [0.29, 0.717) is 58.6 Å². The highest BCUT2D eigenvalue weighted by atomic mass is 19.1. The number of nitrogens with zero attached hydrogens (tertiary/aromatic N) is 18. The topological polar surface area (TPSA) is 298 Å². The van der Waals surface area contributed by atoms with E-state index in [9.17, 15) is 28.4 Å². The first kappa shape index (κ1) is 95.1. The second kappa shape index (κ2) is 40.3. The molecule has 0 radical (unpaired) electrons. The number of fused-ring (bicyclic) bond motifs is 9. The molecule has 14 aromatic heterocycles. The molecule has 5 aliphatic heterocycles. The van der Waals surface area contributed by atoms with Gasteiger partial charge in [-0.3, -0.25) is 50.9 Å². The van der Waals surface area contributed by atoms with Gasteiger partial charge in [0.2, 0.25) is 0 Å². The number of nitrogens with two attached hydrogens (primary N) is 1. The molecule has 0 aliphatic carbocycles. The van der Waals surface area contributed by atoms with Crippen molar-refractivity contribution < 1.29 is 26.8 Å². The number of aromatic nitrogens is 10. The van der Waals surface area contributed by atoms with Gasteiger partial charge in [-0.2, -0.15) is 0 Å². The molecule has 5 aromatic carbocycles. The summed E-state index contributed by atoms with van der Waals surface area (Å²) < 4.78 is 50.1. The second-order valence-corrected chi connectivity index (χ2v) is 38.2. The van der Waals surface area contributed by atoms with E-state index in [1.807, 2.05) is 187 Å². The Bertz CT molecular complexity index is 8170. The minimum Gasteiger partial charge on any atom is -0.494 e. The zero-order valence-electron chi connectivity index (χ0n) is 82.6. The standard InChI is InChI=1S/C24H26N4O2.C23H24N4O2.2C22H22N4O2.C21H23FN4O2/c1-4-26-9-10-27(14-16(26)2)21-7-6-20-11-19(13-24(29)28(20)15-21)18-5-8-22-23(12-18)30-17(3)25-22;1-15-13-26(9-8-25(15)3)20-6-5-19-10-18(12-23(28)27(19)14-20)17-4-7-21-22(11-17)29-16(2)24-21;1-15-23-20-6-3-16(12-21(20)28-15)17-11-18-4-5-19(14-26(18)22(27)13-17)25-9-7-24(2)8-10-25;1-14-24-20-5-2-15(11-21(20)28-14)16-10-18-3-4-19(13-26(18)22(27)12-16)25-8-6-17(23)7-9-25;1-13-8-16(25-7-6-23-14(2)11-25)12-26-20(27)10-18(24-21(13)26)15-4-5-19(28-3)17(22)9-15/h5-8,11-13,15-16H,4,9-10,14H2,1-3H3;4-7,10-12,14-15H,8-9,13H2,1-3H3;3-6,11-14H,7-10H2,1-2H3;2-5,10-13,17H,6-9,23H2,1H3;4-5,8-10,12,14,23H,6-7,11H2,1-3H3/t16-;15-;;;14-/m00..0/s1. The summed E-state index contributed by atoms with van der Waals surface area (Å²) in [5.41, 5.74) is 30.6. The van der Waals surface area contributed by atoms with Gasteiger partial charge in [-0.15, -0.1) is 0 Å². The van der Waals surface area contributed by atoms with Crippen LogP contribution in [0.4, 0.5) is 32.8 Å². The van der Waals surface area contributed by atoms with Crippen LogP contribution in [0.25, 0.3) is 128 Å². The number of hydrogen-bond donors (Lipinski definition) is 2. The molecule has 0 amide bonds. The number of nitrogens with one attached hydrogen (secondary N) is 1. The fourth-order valence-corrected chi connectivity index (χ4v) is 20.0. The molecule has 0 bridgehead atoms.